The monoisotopic (exact) mass is 986 g/mol. The first-order valence-electron chi connectivity index (χ1n) is 31.6. The zero-order chi connectivity index (χ0) is 50.7. The average molecular weight is 987 g/mol. The highest BCUT2D eigenvalue weighted by molar-refractivity contribution is 5.76. The molecular weight excluding hydrogens is 863 g/mol. The van der Waals surface area contributed by atoms with E-state index in [0.29, 0.717) is 25.9 Å². The predicted octanol–water partition coefficient (Wildman–Crippen LogP) is 19.8. The van der Waals surface area contributed by atoms with Crippen LogP contribution in [0.25, 0.3) is 0 Å². The molecule has 2 atom stereocenters. The second-order valence-electron chi connectivity index (χ2n) is 21.7. The van der Waals surface area contributed by atoms with E-state index < -0.39 is 12.1 Å². The number of ether oxygens (including phenoxy) is 1. The number of hydrogen-bond acceptors (Lipinski definition) is 5. The van der Waals surface area contributed by atoms with Gasteiger partial charge in [-0.3, -0.25) is 9.59 Å². The first-order valence-corrected chi connectivity index (χ1v) is 31.6. The molecular formula is C64H123NO5. The smallest absolute Gasteiger partial charge is 0.305 e. The number of allylic oxidation sites excluding steroid dienone is 4. The molecule has 0 aromatic heterocycles. The molecule has 0 aromatic carbocycles. The summed E-state index contributed by atoms with van der Waals surface area (Å²) < 4.78 is 5.49. The van der Waals surface area contributed by atoms with Gasteiger partial charge in [0.25, 0.3) is 0 Å². The highest BCUT2D eigenvalue weighted by Crippen LogP contribution is 2.18. The Morgan fingerprint density at radius 2 is 0.714 bits per heavy atom. The first-order chi connectivity index (χ1) is 34.5. The van der Waals surface area contributed by atoms with E-state index in [2.05, 4.69) is 43.5 Å². The van der Waals surface area contributed by atoms with Crippen molar-refractivity contribution in [2.45, 2.75) is 360 Å². The van der Waals surface area contributed by atoms with Crippen molar-refractivity contribution in [3.63, 3.8) is 0 Å². The average Bonchev–Trinajstić information content (AvgIpc) is 3.36. The summed E-state index contributed by atoms with van der Waals surface area (Å²) in [5.41, 5.74) is 0. The Morgan fingerprint density at radius 1 is 0.400 bits per heavy atom. The number of rotatable bonds is 59. The fourth-order valence-electron chi connectivity index (χ4n) is 9.91. The van der Waals surface area contributed by atoms with Crippen molar-refractivity contribution in [3.8, 4) is 0 Å². The standard InChI is InChI=1S/C64H123NO5/c1-3-5-7-9-11-13-15-17-18-19-27-30-34-38-42-46-50-54-58-64(69)70-59-55-51-47-43-39-35-31-28-25-23-21-20-22-24-26-29-33-37-41-45-49-53-57-63(68)65-61(60-66)62(67)56-52-48-44-40-36-32-16-14-12-10-8-6-4-2/h13,15,18-19,61-62,66-67H,3-12,14,16-17,20-60H2,1-2H3,(H,65,68)/b15-13-,19-18-. The van der Waals surface area contributed by atoms with Gasteiger partial charge in [0.05, 0.1) is 25.4 Å². The van der Waals surface area contributed by atoms with Crippen LogP contribution in [0.1, 0.15) is 348 Å². The first kappa shape index (κ1) is 68.3. The molecule has 0 aliphatic heterocycles. The van der Waals surface area contributed by atoms with Crippen LogP contribution >= 0.6 is 0 Å². The van der Waals surface area contributed by atoms with E-state index in [9.17, 15) is 19.8 Å². The third-order valence-electron chi connectivity index (χ3n) is 14.8. The quantitative estimate of drug-likeness (QED) is 0.0321. The lowest BCUT2D eigenvalue weighted by molar-refractivity contribution is -0.143. The van der Waals surface area contributed by atoms with Crippen molar-refractivity contribution in [1.29, 1.82) is 0 Å². The van der Waals surface area contributed by atoms with Gasteiger partial charge >= 0.3 is 5.97 Å². The summed E-state index contributed by atoms with van der Waals surface area (Å²) in [7, 11) is 0. The van der Waals surface area contributed by atoms with Crippen LogP contribution in [-0.4, -0.2) is 47.4 Å². The van der Waals surface area contributed by atoms with Gasteiger partial charge < -0.3 is 20.3 Å². The van der Waals surface area contributed by atoms with Crippen molar-refractivity contribution in [2.24, 2.45) is 0 Å². The van der Waals surface area contributed by atoms with E-state index in [4.69, 9.17) is 4.74 Å². The molecule has 0 fully saturated rings. The number of carbonyl (C=O) groups excluding carboxylic acids is 2. The summed E-state index contributed by atoms with van der Waals surface area (Å²) >= 11 is 0. The molecule has 414 valence electrons. The minimum Gasteiger partial charge on any atom is -0.466 e. The minimum absolute atomic E-state index is 0.00638. The second kappa shape index (κ2) is 59.9. The Bertz CT molecular complexity index is 1090. The van der Waals surface area contributed by atoms with E-state index in [1.165, 1.54) is 263 Å². The molecule has 0 aromatic rings. The number of nitrogens with one attached hydrogen (secondary N) is 1. The Labute approximate surface area is 437 Å². The zero-order valence-electron chi connectivity index (χ0n) is 47.3. The second-order valence-corrected chi connectivity index (χ2v) is 21.7. The maximum atomic E-state index is 12.5. The lowest BCUT2D eigenvalue weighted by Crippen LogP contribution is -2.45. The fourth-order valence-corrected chi connectivity index (χ4v) is 9.91. The Balaban J connectivity index is 3.36. The van der Waals surface area contributed by atoms with Crippen LogP contribution < -0.4 is 5.32 Å². The summed E-state index contributed by atoms with van der Waals surface area (Å²) in [5, 5.41) is 23.3. The highest BCUT2D eigenvalue weighted by atomic mass is 16.5. The number of hydrogen-bond donors (Lipinski definition) is 3. The Hall–Kier alpha value is -1.66. The summed E-state index contributed by atoms with van der Waals surface area (Å²) in [4.78, 5) is 24.6. The molecule has 0 aliphatic carbocycles. The molecule has 2 unspecified atom stereocenters. The molecule has 0 rings (SSSR count). The normalized spacial score (nSPS) is 12.7. The van der Waals surface area contributed by atoms with Gasteiger partial charge in [-0.2, -0.15) is 0 Å². The van der Waals surface area contributed by atoms with Crippen molar-refractivity contribution in [1.82, 2.24) is 5.32 Å². The molecule has 0 aliphatic rings. The highest BCUT2D eigenvalue weighted by Gasteiger charge is 2.20. The van der Waals surface area contributed by atoms with E-state index in [1.54, 1.807) is 0 Å². The molecule has 70 heavy (non-hydrogen) atoms. The van der Waals surface area contributed by atoms with Crippen molar-refractivity contribution < 1.29 is 24.5 Å². The van der Waals surface area contributed by atoms with Gasteiger partial charge in [0.2, 0.25) is 5.91 Å². The van der Waals surface area contributed by atoms with Crippen molar-refractivity contribution >= 4 is 11.9 Å². The number of unbranched alkanes of at least 4 members (excludes halogenated alkanes) is 44. The number of aliphatic hydroxyl groups excluding tert-OH is 2. The number of amides is 1. The van der Waals surface area contributed by atoms with Crippen molar-refractivity contribution in [2.75, 3.05) is 13.2 Å². The number of esters is 1. The molecule has 0 bridgehead atoms. The zero-order valence-corrected chi connectivity index (χ0v) is 47.3. The molecule has 6 heteroatoms. The minimum atomic E-state index is -0.663. The topological polar surface area (TPSA) is 95.9 Å². The van der Waals surface area contributed by atoms with Gasteiger partial charge in [-0.25, -0.2) is 0 Å². The third-order valence-corrected chi connectivity index (χ3v) is 14.8. The molecule has 0 saturated heterocycles. The van der Waals surface area contributed by atoms with Crippen LogP contribution in [0.3, 0.4) is 0 Å². The van der Waals surface area contributed by atoms with Crippen LogP contribution in [0.2, 0.25) is 0 Å². The van der Waals surface area contributed by atoms with Gasteiger partial charge in [-0.05, 0) is 57.8 Å². The SMILES string of the molecule is CCCCCC/C=C\C/C=C\CCCCCCCCCC(=O)OCCCCCCCCCCCCCCCCCCCCCCCCC(=O)NC(CO)C(O)CCCCCCCCCCCCCCC. The van der Waals surface area contributed by atoms with Crippen LogP contribution in [-0.2, 0) is 14.3 Å². The third kappa shape index (κ3) is 55.7. The molecule has 6 nitrogen and oxygen atoms in total. The lowest BCUT2D eigenvalue weighted by atomic mass is 10.0. The molecule has 0 heterocycles. The summed E-state index contributed by atoms with van der Waals surface area (Å²) in [6.45, 7) is 4.95. The van der Waals surface area contributed by atoms with E-state index in [-0.39, 0.29) is 18.5 Å². The van der Waals surface area contributed by atoms with Gasteiger partial charge in [-0.1, -0.05) is 301 Å². The lowest BCUT2D eigenvalue weighted by Gasteiger charge is -2.22. The summed E-state index contributed by atoms with van der Waals surface area (Å²) in [5.74, 6) is -0.0276. The van der Waals surface area contributed by atoms with Gasteiger partial charge in [0.1, 0.15) is 0 Å². The molecule has 0 spiro atoms. The molecule has 3 N–H and O–H groups in total. The molecule has 0 radical (unpaired) electrons. The number of carbonyl (C=O) groups is 2. The van der Waals surface area contributed by atoms with Gasteiger partial charge in [0, 0.05) is 12.8 Å². The summed E-state index contributed by atoms with van der Waals surface area (Å²) in [6, 6.07) is -0.541. The number of aliphatic hydroxyl groups is 2. The van der Waals surface area contributed by atoms with Crippen LogP contribution in [0.4, 0.5) is 0 Å². The van der Waals surface area contributed by atoms with Crippen LogP contribution in [0.5, 0.6) is 0 Å². The summed E-state index contributed by atoms with van der Waals surface area (Å²) in [6.07, 6.45) is 73.3. The van der Waals surface area contributed by atoms with Crippen LogP contribution in [0.15, 0.2) is 24.3 Å². The maximum absolute atomic E-state index is 12.5. The Morgan fingerprint density at radius 3 is 1.10 bits per heavy atom. The molecule has 0 saturated carbocycles. The van der Waals surface area contributed by atoms with Gasteiger partial charge in [-0.15, -0.1) is 0 Å². The van der Waals surface area contributed by atoms with E-state index in [0.717, 1.165) is 51.4 Å². The molecule has 1 amide bonds. The van der Waals surface area contributed by atoms with Crippen molar-refractivity contribution in [3.05, 3.63) is 24.3 Å². The fraction of sp³-hybridized carbons (Fsp3) is 0.906. The predicted molar refractivity (Wildman–Crippen MR) is 306 cm³/mol. The maximum Gasteiger partial charge on any atom is 0.305 e. The van der Waals surface area contributed by atoms with Crippen LogP contribution in [0, 0.1) is 0 Å². The largest absolute Gasteiger partial charge is 0.466 e. The van der Waals surface area contributed by atoms with E-state index >= 15 is 0 Å². The van der Waals surface area contributed by atoms with E-state index in [1.807, 2.05) is 0 Å². The Kier molecular flexibility index (Phi) is 58.5. The van der Waals surface area contributed by atoms with Gasteiger partial charge in [0.15, 0.2) is 0 Å².